The Bertz CT molecular complexity index is 393. The number of carboxylic acids is 1. The predicted octanol–water partition coefficient (Wildman–Crippen LogP) is 2.50. The van der Waals surface area contributed by atoms with Crippen LogP contribution in [0, 0.1) is 11.3 Å². The topological polar surface area (TPSA) is 66.8 Å². The second-order valence-corrected chi connectivity index (χ2v) is 7.10. The van der Waals surface area contributed by atoms with Crippen LogP contribution in [-0.4, -0.2) is 40.3 Å². The first-order chi connectivity index (χ1) is 8.62. The van der Waals surface area contributed by atoms with Crippen molar-refractivity contribution in [3.63, 3.8) is 0 Å². The first kappa shape index (κ1) is 14.2. The van der Waals surface area contributed by atoms with Gasteiger partial charge in [-0.2, -0.15) is 0 Å². The summed E-state index contributed by atoms with van der Waals surface area (Å²) in [5.74, 6) is -0.945. The standard InChI is InChI=1S/C14H23NO4/c1-9-5-14(6-10(7-14)11(16)17)8-15(9)12(18)19-13(2,3)4/h9-10H,5-8H2,1-4H3,(H,16,17). The largest absolute Gasteiger partial charge is 0.481 e. The molecule has 2 rings (SSSR count). The summed E-state index contributed by atoms with van der Waals surface area (Å²) in [6, 6.07) is 0.129. The maximum absolute atomic E-state index is 12.1. The number of nitrogens with zero attached hydrogens (tertiary/aromatic N) is 1. The fourth-order valence-electron chi connectivity index (χ4n) is 3.34. The van der Waals surface area contributed by atoms with Gasteiger partial charge in [-0.1, -0.05) is 0 Å². The molecule has 2 aliphatic rings. The Morgan fingerprint density at radius 1 is 1.26 bits per heavy atom. The van der Waals surface area contributed by atoms with E-state index in [1.54, 1.807) is 4.90 Å². The number of ether oxygens (including phenoxy) is 1. The minimum absolute atomic E-state index is 0.0133. The molecule has 1 aliphatic heterocycles. The number of hydrogen-bond donors (Lipinski definition) is 1. The van der Waals surface area contributed by atoms with Gasteiger partial charge in [-0.25, -0.2) is 4.79 Å². The average molecular weight is 269 g/mol. The van der Waals surface area contributed by atoms with Gasteiger partial charge in [-0.05, 0) is 52.4 Å². The normalized spacial score (nSPS) is 34.2. The van der Waals surface area contributed by atoms with E-state index in [0.29, 0.717) is 19.4 Å². The zero-order valence-corrected chi connectivity index (χ0v) is 12.1. The molecule has 1 spiro atoms. The summed E-state index contributed by atoms with van der Waals surface area (Å²) in [6.07, 6.45) is 1.98. The van der Waals surface area contributed by atoms with Crippen LogP contribution in [-0.2, 0) is 9.53 Å². The lowest BCUT2D eigenvalue weighted by Gasteiger charge is -2.42. The highest BCUT2D eigenvalue weighted by atomic mass is 16.6. The van der Waals surface area contributed by atoms with Gasteiger partial charge in [0.2, 0.25) is 0 Å². The molecular weight excluding hydrogens is 246 g/mol. The van der Waals surface area contributed by atoms with Crippen LogP contribution in [0.2, 0.25) is 0 Å². The molecule has 0 aromatic rings. The van der Waals surface area contributed by atoms with Crippen molar-refractivity contribution in [3.8, 4) is 0 Å². The molecule has 0 aromatic heterocycles. The Morgan fingerprint density at radius 2 is 1.84 bits per heavy atom. The quantitative estimate of drug-likeness (QED) is 0.794. The van der Waals surface area contributed by atoms with E-state index >= 15 is 0 Å². The zero-order chi connectivity index (χ0) is 14.4. The summed E-state index contributed by atoms with van der Waals surface area (Å²) in [7, 11) is 0. The summed E-state index contributed by atoms with van der Waals surface area (Å²) in [6.45, 7) is 8.20. The van der Waals surface area contributed by atoms with Gasteiger partial charge in [0, 0.05) is 12.6 Å². The Kier molecular flexibility index (Phi) is 3.27. The van der Waals surface area contributed by atoms with E-state index in [2.05, 4.69) is 0 Å². The number of hydrogen-bond acceptors (Lipinski definition) is 3. The molecule has 0 radical (unpaired) electrons. The molecule has 19 heavy (non-hydrogen) atoms. The molecule has 0 bridgehead atoms. The summed E-state index contributed by atoms with van der Waals surface area (Å²) in [5, 5.41) is 8.97. The van der Waals surface area contributed by atoms with Crippen molar-refractivity contribution < 1.29 is 19.4 Å². The van der Waals surface area contributed by atoms with E-state index < -0.39 is 11.6 Å². The lowest BCUT2D eigenvalue weighted by molar-refractivity contribution is -0.149. The molecule has 1 heterocycles. The Morgan fingerprint density at radius 3 is 2.32 bits per heavy atom. The van der Waals surface area contributed by atoms with Crippen LogP contribution in [0.4, 0.5) is 4.79 Å². The molecule has 1 aliphatic carbocycles. The fraction of sp³-hybridized carbons (Fsp3) is 0.857. The van der Waals surface area contributed by atoms with Crippen molar-refractivity contribution in [2.24, 2.45) is 11.3 Å². The van der Waals surface area contributed by atoms with Gasteiger partial charge in [0.25, 0.3) is 0 Å². The molecule has 5 nitrogen and oxygen atoms in total. The maximum atomic E-state index is 12.1. The highest BCUT2D eigenvalue weighted by Gasteiger charge is 2.54. The number of carbonyl (C=O) groups excluding carboxylic acids is 1. The third kappa shape index (κ3) is 2.85. The van der Waals surface area contributed by atoms with Crippen LogP contribution in [0.1, 0.15) is 47.0 Å². The lowest BCUT2D eigenvalue weighted by atomic mass is 9.61. The van der Waals surface area contributed by atoms with Crippen molar-refractivity contribution in [2.45, 2.75) is 58.6 Å². The Hall–Kier alpha value is -1.26. The summed E-state index contributed by atoms with van der Waals surface area (Å²) in [5.41, 5.74) is -0.477. The summed E-state index contributed by atoms with van der Waals surface area (Å²) >= 11 is 0. The average Bonchev–Trinajstić information content (AvgIpc) is 2.51. The molecular formula is C14H23NO4. The van der Waals surface area contributed by atoms with E-state index in [9.17, 15) is 9.59 Å². The van der Waals surface area contributed by atoms with Crippen LogP contribution >= 0.6 is 0 Å². The van der Waals surface area contributed by atoms with Crippen LogP contribution < -0.4 is 0 Å². The highest BCUT2D eigenvalue weighted by molar-refractivity contribution is 5.72. The van der Waals surface area contributed by atoms with Gasteiger partial charge >= 0.3 is 12.1 Å². The van der Waals surface area contributed by atoms with E-state index in [1.165, 1.54) is 0 Å². The maximum Gasteiger partial charge on any atom is 0.410 e. The highest BCUT2D eigenvalue weighted by Crippen LogP contribution is 2.53. The monoisotopic (exact) mass is 269 g/mol. The molecule has 1 amide bonds. The number of rotatable bonds is 1. The van der Waals surface area contributed by atoms with Crippen LogP contribution in [0.15, 0.2) is 0 Å². The minimum Gasteiger partial charge on any atom is -0.481 e. The van der Waals surface area contributed by atoms with Gasteiger partial charge in [0.15, 0.2) is 0 Å². The van der Waals surface area contributed by atoms with Gasteiger partial charge in [0.1, 0.15) is 5.60 Å². The molecule has 0 aromatic carbocycles. The number of aliphatic carboxylic acids is 1. The number of likely N-dealkylation sites (tertiary alicyclic amines) is 1. The van der Waals surface area contributed by atoms with Crippen LogP contribution in [0.3, 0.4) is 0 Å². The molecule has 1 unspecified atom stereocenters. The molecule has 5 heteroatoms. The third-order valence-corrected chi connectivity index (χ3v) is 4.10. The zero-order valence-electron chi connectivity index (χ0n) is 12.1. The first-order valence-corrected chi connectivity index (χ1v) is 6.84. The Balaban J connectivity index is 1.96. The van der Waals surface area contributed by atoms with Crippen molar-refractivity contribution >= 4 is 12.1 Å². The molecule has 1 saturated carbocycles. The second kappa shape index (κ2) is 4.39. The van der Waals surface area contributed by atoms with Crippen molar-refractivity contribution in [1.82, 2.24) is 4.90 Å². The molecule has 108 valence electrons. The molecule has 1 N–H and O–H groups in total. The third-order valence-electron chi connectivity index (χ3n) is 4.10. The Labute approximate surface area is 113 Å². The van der Waals surface area contributed by atoms with Crippen LogP contribution in [0.5, 0.6) is 0 Å². The molecule has 2 fully saturated rings. The summed E-state index contributed by atoms with van der Waals surface area (Å²) in [4.78, 5) is 24.8. The van der Waals surface area contributed by atoms with E-state index in [1.807, 2.05) is 27.7 Å². The number of amides is 1. The smallest absolute Gasteiger partial charge is 0.410 e. The fourth-order valence-corrected chi connectivity index (χ4v) is 3.34. The van der Waals surface area contributed by atoms with E-state index in [0.717, 1.165) is 6.42 Å². The SMILES string of the molecule is CC1CC2(CC(C(=O)O)C2)CN1C(=O)OC(C)(C)C. The first-order valence-electron chi connectivity index (χ1n) is 6.84. The molecule has 1 saturated heterocycles. The van der Waals surface area contributed by atoms with Gasteiger partial charge in [-0.3, -0.25) is 4.79 Å². The van der Waals surface area contributed by atoms with Crippen molar-refractivity contribution in [3.05, 3.63) is 0 Å². The molecule has 1 atom stereocenters. The van der Waals surface area contributed by atoms with Gasteiger partial charge in [0.05, 0.1) is 5.92 Å². The number of carboxylic acid groups (broad SMARTS) is 1. The van der Waals surface area contributed by atoms with E-state index in [-0.39, 0.29) is 23.5 Å². The second-order valence-electron chi connectivity index (χ2n) is 7.10. The summed E-state index contributed by atoms with van der Waals surface area (Å²) < 4.78 is 5.40. The lowest BCUT2D eigenvalue weighted by Crippen LogP contribution is -2.44. The van der Waals surface area contributed by atoms with Crippen LogP contribution in [0.25, 0.3) is 0 Å². The van der Waals surface area contributed by atoms with Gasteiger partial charge in [-0.15, -0.1) is 0 Å². The predicted molar refractivity (Wildman–Crippen MR) is 69.8 cm³/mol. The number of carbonyl (C=O) groups is 2. The van der Waals surface area contributed by atoms with E-state index in [4.69, 9.17) is 9.84 Å². The van der Waals surface area contributed by atoms with Crippen molar-refractivity contribution in [1.29, 1.82) is 0 Å². The van der Waals surface area contributed by atoms with Crippen molar-refractivity contribution in [2.75, 3.05) is 6.54 Å². The minimum atomic E-state index is -0.714. The van der Waals surface area contributed by atoms with Gasteiger partial charge < -0.3 is 14.7 Å².